The third kappa shape index (κ3) is 4.90. The third-order valence-corrected chi connectivity index (χ3v) is 7.24. The molecule has 1 heterocycles. The Kier molecular flexibility index (Phi) is 6.68. The Hall–Kier alpha value is -2.62. The van der Waals surface area contributed by atoms with E-state index in [1.165, 1.54) is 28.7 Å². The van der Waals surface area contributed by atoms with Crippen molar-refractivity contribution < 1.29 is 9.59 Å². The number of carbonyl (C=O) groups is 2. The van der Waals surface area contributed by atoms with Gasteiger partial charge in [-0.2, -0.15) is 0 Å². The fourth-order valence-electron chi connectivity index (χ4n) is 5.00. The largest absolute Gasteiger partial charge is 0.353 e. The van der Waals surface area contributed by atoms with Crippen LogP contribution in [-0.2, 0) is 16.0 Å². The van der Waals surface area contributed by atoms with Gasteiger partial charge in [-0.25, -0.2) is 0 Å². The fraction of sp³-hybridized carbons (Fsp3) is 0.500. The Morgan fingerprint density at radius 2 is 1.72 bits per heavy atom. The summed E-state index contributed by atoms with van der Waals surface area (Å²) in [6.07, 6.45) is 5.39. The quantitative estimate of drug-likeness (QED) is 0.687. The lowest BCUT2D eigenvalue weighted by molar-refractivity contribution is -0.145. The predicted molar refractivity (Wildman–Crippen MR) is 129 cm³/mol. The van der Waals surface area contributed by atoms with Crippen molar-refractivity contribution in [1.82, 2.24) is 10.2 Å². The minimum absolute atomic E-state index is 0.109. The van der Waals surface area contributed by atoms with Gasteiger partial charge in [0.15, 0.2) is 0 Å². The zero-order valence-electron chi connectivity index (χ0n) is 19.7. The highest BCUT2D eigenvalue weighted by Crippen LogP contribution is 2.38. The van der Waals surface area contributed by atoms with Crippen LogP contribution in [0.25, 0.3) is 11.1 Å². The molecular formula is C28H36N2O2. The molecule has 0 bridgehead atoms. The van der Waals surface area contributed by atoms with Crippen molar-refractivity contribution in [1.29, 1.82) is 0 Å². The molecule has 4 rings (SSSR count). The van der Waals surface area contributed by atoms with Crippen LogP contribution in [0.1, 0.15) is 57.1 Å². The maximum Gasteiger partial charge on any atom is 0.226 e. The van der Waals surface area contributed by atoms with E-state index in [1.54, 1.807) is 0 Å². The van der Waals surface area contributed by atoms with Crippen LogP contribution in [0.3, 0.4) is 0 Å². The molecule has 1 aliphatic heterocycles. The number of aryl methyl sites for hydroxylation is 1. The molecule has 0 spiro atoms. The van der Waals surface area contributed by atoms with E-state index < -0.39 is 5.41 Å². The van der Waals surface area contributed by atoms with E-state index in [2.05, 4.69) is 60.8 Å². The summed E-state index contributed by atoms with van der Waals surface area (Å²) in [5, 5.41) is 3.16. The number of nitrogens with zero attached hydrogens (tertiary/aromatic N) is 1. The van der Waals surface area contributed by atoms with Gasteiger partial charge in [-0.3, -0.25) is 9.59 Å². The normalized spacial score (nSPS) is 18.3. The summed E-state index contributed by atoms with van der Waals surface area (Å²) in [6.45, 7) is 7.50. The average Bonchev–Trinajstić information content (AvgIpc) is 2.73. The summed E-state index contributed by atoms with van der Waals surface area (Å²) < 4.78 is 0. The monoisotopic (exact) mass is 432 g/mol. The molecule has 2 aromatic rings. The van der Waals surface area contributed by atoms with Crippen LogP contribution >= 0.6 is 0 Å². The van der Waals surface area contributed by atoms with Gasteiger partial charge in [0, 0.05) is 25.0 Å². The van der Waals surface area contributed by atoms with Crippen LogP contribution in [-0.4, -0.2) is 35.8 Å². The second-order valence-corrected chi connectivity index (χ2v) is 10.1. The van der Waals surface area contributed by atoms with Gasteiger partial charge < -0.3 is 10.2 Å². The van der Waals surface area contributed by atoms with Gasteiger partial charge in [-0.15, -0.1) is 0 Å². The van der Waals surface area contributed by atoms with Crippen LogP contribution in [0.5, 0.6) is 0 Å². The SMILES string of the molecule is Cc1cccc(-c2ccc(CC3(C(=O)NC(C)C)CCN(C(=O)C4CCC4)CC3)cc2)c1. The Labute approximate surface area is 192 Å². The second kappa shape index (κ2) is 9.48. The molecule has 170 valence electrons. The van der Waals surface area contributed by atoms with E-state index in [1.807, 2.05) is 18.7 Å². The van der Waals surface area contributed by atoms with Crippen LogP contribution in [0, 0.1) is 18.3 Å². The van der Waals surface area contributed by atoms with Crippen molar-refractivity contribution in [3.05, 3.63) is 59.7 Å². The Bertz CT molecular complexity index is 952. The van der Waals surface area contributed by atoms with E-state index in [0.29, 0.717) is 25.4 Å². The first-order valence-corrected chi connectivity index (χ1v) is 12.1. The molecule has 2 amide bonds. The zero-order chi connectivity index (χ0) is 22.7. The number of benzene rings is 2. The smallest absolute Gasteiger partial charge is 0.226 e. The maximum atomic E-state index is 13.3. The molecule has 0 aromatic heterocycles. The van der Waals surface area contributed by atoms with E-state index in [4.69, 9.17) is 0 Å². The topological polar surface area (TPSA) is 49.4 Å². The summed E-state index contributed by atoms with van der Waals surface area (Å²) in [5.41, 5.74) is 4.38. The van der Waals surface area contributed by atoms with Gasteiger partial charge >= 0.3 is 0 Å². The van der Waals surface area contributed by atoms with Gasteiger partial charge in [0.05, 0.1) is 5.41 Å². The number of hydrogen-bond donors (Lipinski definition) is 1. The van der Waals surface area contributed by atoms with Crippen molar-refractivity contribution in [3.8, 4) is 11.1 Å². The van der Waals surface area contributed by atoms with Crippen molar-refractivity contribution in [3.63, 3.8) is 0 Å². The van der Waals surface area contributed by atoms with Gasteiger partial charge in [0.2, 0.25) is 11.8 Å². The van der Waals surface area contributed by atoms with Crippen LogP contribution in [0.2, 0.25) is 0 Å². The maximum absolute atomic E-state index is 13.3. The molecule has 2 aromatic carbocycles. The van der Waals surface area contributed by atoms with E-state index in [9.17, 15) is 9.59 Å². The van der Waals surface area contributed by atoms with Gasteiger partial charge in [-0.05, 0) is 69.6 Å². The lowest BCUT2D eigenvalue weighted by Crippen LogP contribution is -2.53. The number of hydrogen-bond acceptors (Lipinski definition) is 2. The second-order valence-electron chi connectivity index (χ2n) is 10.1. The highest BCUT2D eigenvalue weighted by molar-refractivity contribution is 5.84. The fourth-order valence-corrected chi connectivity index (χ4v) is 5.00. The summed E-state index contributed by atoms with van der Waals surface area (Å²) >= 11 is 0. The van der Waals surface area contributed by atoms with E-state index in [0.717, 1.165) is 25.7 Å². The number of rotatable bonds is 6. The molecule has 1 N–H and O–H groups in total. The van der Waals surface area contributed by atoms with Crippen molar-refractivity contribution in [2.24, 2.45) is 11.3 Å². The first kappa shape index (κ1) is 22.6. The molecule has 0 atom stereocenters. The molecule has 1 saturated heterocycles. The number of piperidine rings is 1. The van der Waals surface area contributed by atoms with E-state index in [-0.39, 0.29) is 17.9 Å². The molecule has 2 aliphatic rings. The standard InChI is InChI=1S/C28H36N2O2/c1-20(2)29-27(32)28(14-16-30(17-15-28)26(31)24-7-5-8-24)19-22-10-12-23(13-11-22)25-9-4-6-21(3)18-25/h4,6,9-13,18,20,24H,5,7-8,14-17,19H2,1-3H3,(H,29,32). The highest BCUT2D eigenvalue weighted by Gasteiger charge is 2.43. The number of carbonyl (C=O) groups excluding carboxylic acids is 2. The minimum Gasteiger partial charge on any atom is -0.353 e. The summed E-state index contributed by atoms with van der Waals surface area (Å²) in [5.74, 6) is 0.656. The highest BCUT2D eigenvalue weighted by atomic mass is 16.2. The molecule has 1 aliphatic carbocycles. The molecule has 4 nitrogen and oxygen atoms in total. The molecule has 2 fully saturated rings. The summed E-state index contributed by atoms with van der Waals surface area (Å²) in [6, 6.07) is 17.3. The van der Waals surface area contributed by atoms with Crippen LogP contribution in [0.4, 0.5) is 0 Å². The van der Waals surface area contributed by atoms with Crippen LogP contribution in [0.15, 0.2) is 48.5 Å². The van der Waals surface area contributed by atoms with Gasteiger partial charge in [0.25, 0.3) is 0 Å². The number of amides is 2. The zero-order valence-corrected chi connectivity index (χ0v) is 19.7. The number of nitrogens with one attached hydrogen (secondary N) is 1. The molecule has 1 saturated carbocycles. The lowest BCUT2D eigenvalue weighted by atomic mass is 9.72. The summed E-state index contributed by atoms with van der Waals surface area (Å²) in [7, 11) is 0. The van der Waals surface area contributed by atoms with Gasteiger partial charge in [-0.1, -0.05) is 60.5 Å². The summed E-state index contributed by atoms with van der Waals surface area (Å²) in [4.78, 5) is 28.0. The first-order chi connectivity index (χ1) is 15.4. The van der Waals surface area contributed by atoms with Crippen molar-refractivity contribution in [2.75, 3.05) is 13.1 Å². The molecular weight excluding hydrogens is 396 g/mol. The van der Waals surface area contributed by atoms with Gasteiger partial charge in [0.1, 0.15) is 0 Å². The van der Waals surface area contributed by atoms with E-state index >= 15 is 0 Å². The minimum atomic E-state index is -0.453. The Morgan fingerprint density at radius 1 is 1.03 bits per heavy atom. The molecule has 0 radical (unpaired) electrons. The average molecular weight is 433 g/mol. The molecule has 32 heavy (non-hydrogen) atoms. The van der Waals surface area contributed by atoms with Crippen molar-refractivity contribution >= 4 is 11.8 Å². The van der Waals surface area contributed by atoms with Crippen LogP contribution < -0.4 is 5.32 Å². The molecule has 4 heteroatoms. The number of likely N-dealkylation sites (tertiary alicyclic amines) is 1. The Morgan fingerprint density at radius 3 is 2.28 bits per heavy atom. The third-order valence-electron chi connectivity index (χ3n) is 7.24. The first-order valence-electron chi connectivity index (χ1n) is 12.1. The Balaban J connectivity index is 1.50. The van der Waals surface area contributed by atoms with Crippen molar-refractivity contribution in [2.45, 2.75) is 65.3 Å². The molecule has 0 unspecified atom stereocenters. The predicted octanol–water partition coefficient (Wildman–Crippen LogP) is 5.14. The lowest BCUT2D eigenvalue weighted by Gasteiger charge is -2.43.